The third-order valence-electron chi connectivity index (χ3n) is 3.10. The Morgan fingerprint density at radius 2 is 1.83 bits per heavy atom. The second kappa shape index (κ2) is 7.99. The van der Waals surface area contributed by atoms with Crippen LogP contribution in [-0.4, -0.2) is 11.8 Å². The SMILES string of the molecule is Cc1cccc(CNC(=O)CC(=O)Nc2ccc(Cl)cc2Cl)c1. The monoisotopic (exact) mass is 350 g/mol. The molecule has 23 heavy (non-hydrogen) atoms. The van der Waals surface area contributed by atoms with E-state index in [9.17, 15) is 9.59 Å². The third-order valence-corrected chi connectivity index (χ3v) is 3.65. The Balaban J connectivity index is 1.84. The lowest BCUT2D eigenvalue weighted by atomic mass is 10.1. The van der Waals surface area contributed by atoms with E-state index in [-0.39, 0.29) is 12.3 Å². The largest absolute Gasteiger partial charge is 0.352 e. The van der Waals surface area contributed by atoms with Gasteiger partial charge in [-0.2, -0.15) is 0 Å². The van der Waals surface area contributed by atoms with E-state index in [2.05, 4.69) is 10.6 Å². The number of anilines is 1. The zero-order valence-corrected chi connectivity index (χ0v) is 14.0. The fraction of sp³-hybridized carbons (Fsp3) is 0.176. The van der Waals surface area contributed by atoms with Gasteiger partial charge in [0.15, 0.2) is 0 Å². The van der Waals surface area contributed by atoms with Gasteiger partial charge in [-0.3, -0.25) is 9.59 Å². The topological polar surface area (TPSA) is 58.2 Å². The molecule has 0 aliphatic rings. The van der Waals surface area contributed by atoms with Crippen LogP contribution in [0.5, 0.6) is 0 Å². The summed E-state index contributed by atoms with van der Waals surface area (Å²) in [6.07, 6.45) is -0.273. The predicted octanol–water partition coefficient (Wildman–Crippen LogP) is 3.95. The molecule has 0 saturated carbocycles. The van der Waals surface area contributed by atoms with Crippen LogP contribution in [0.25, 0.3) is 0 Å². The number of benzene rings is 2. The van der Waals surface area contributed by atoms with E-state index in [4.69, 9.17) is 23.2 Å². The molecule has 2 aromatic rings. The van der Waals surface area contributed by atoms with Crippen LogP contribution in [0.4, 0.5) is 5.69 Å². The normalized spacial score (nSPS) is 10.2. The van der Waals surface area contributed by atoms with Gasteiger partial charge in [-0.1, -0.05) is 53.0 Å². The summed E-state index contributed by atoms with van der Waals surface area (Å²) in [6, 6.07) is 12.5. The van der Waals surface area contributed by atoms with E-state index in [1.165, 1.54) is 6.07 Å². The highest BCUT2D eigenvalue weighted by Crippen LogP contribution is 2.25. The highest BCUT2D eigenvalue weighted by atomic mass is 35.5. The van der Waals surface area contributed by atoms with Gasteiger partial charge in [0.2, 0.25) is 11.8 Å². The van der Waals surface area contributed by atoms with Crippen LogP contribution < -0.4 is 10.6 Å². The van der Waals surface area contributed by atoms with Crippen LogP contribution in [0.3, 0.4) is 0 Å². The Hall–Kier alpha value is -2.04. The van der Waals surface area contributed by atoms with Crippen molar-refractivity contribution in [2.24, 2.45) is 0 Å². The van der Waals surface area contributed by atoms with Gasteiger partial charge in [-0.25, -0.2) is 0 Å². The second-order valence-corrected chi connectivity index (χ2v) is 5.96. The van der Waals surface area contributed by atoms with Crippen LogP contribution in [0.15, 0.2) is 42.5 Å². The highest BCUT2D eigenvalue weighted by molar-refractivity contribution is 6.36. The summed E-state index contributed by atoms with van der Waals surface area (Å²) in [5, 5.41) is 6.10. The number of rotatable bonds is 5. The molecular formula is C17H16Cl2N2O2. The molecule has 2 N–H and O–H groups in total. The van der Waals surface area contributed by atoms with Gasteiger partial charge in [0.05, 0.1) is 10.7 Å². The van der Waals surface area contributed by atoms with E-state index < -0.39 is 5.91 Å². The van der Waals surface area contributed by atoms with Crippen LogP contribution in [0.2, 0.25) is 10.0 Å². The van der Waals surface area contributed by atoms with Crippen molar-refractivity contribution in [3.63, 3.8) is 0 Å². The number of hydrogen-bond acceptors (Lipinski definition) is 2. The number of carbonyl (C=O) groups excluding carboxylic acids is 2. The number of amides is 2. The number of halogens is 2. The average molecular weight is 351 g/mol. The fourth-order valence-corrected chi connectivity index (χ4v) is 2.47. The van der Waals surface area contributed by atoms with Crippen molar-refractivity contribution < 1.29 is 9.59 Å². The summed E-state index contributed by atoms with van der Waals surface area (Å²) in [5.74, 6) is -0.787. The molecular weight excluding hydrogens is 335 g/mol. The molecule has 0 bridgehead atoms. The molecule has 0 aliphatic heterocycles. The van der Waals surface area contributed by atoms with Crippen LogP contribution in [0, 0.1) is 6.92 Å². The Morgan fingerprint density at radius 1 is 1.04 bits per heavy atom. The lowest BCUT2D eigenvalue weighted by Crippen LogP contribution is -2.27. The molecule has 4 nitrogen and oxygen atoms in total. The number of hydrogen-bond donors (Lipinski definition) is 2. The molecule has 6 heteroatoms. The molecule has 0 atom stereocenters. The Morgan fingerprint density at radius 3 is 2.52 bits per heavy atom. The lowest BCUT2D eigenvalue weighted by Gasteiger charge is -2.08. The summed E-state index contributed by atoms with van der Waals surface area (Å²) < 4.78 is 0. The summed E-state index contributed by atoms with van der Waals surface area (Å²) in [5.41, 5.74) is 2.53. The quantitative estimate of drug-likeness (QED) is 0.802. The van der Waals surface area contributed by atoms with Gasteiger partial charge in [0.25, 0.3) is 0 Å². The van der Waals surface area contributed by atoms with Crippen molar-refractivity contribution in [3.05, 3.63) is 63.6 Å². The molecule has 0 fully saturated rings. The van der Waals surface area contributed by atoms with Crippen molar-refractivity contribution >= 4 is 40.7 Å². The summed E-state index contributed by atoms with van der Waals surface area (Å²) in [7, 11) is 0. The molecule has 0 saturated heterocycles. The van der Waals surface area contributed by atoms with E-state index in [0.717, 1.165) is 11.1 Å². The zero-order chi connectivity index (χ0) is 16.8. The second-order valence-electron chi connectivity index (χ2n) is 5.11. The number of nitrogens with one attached hydrogen (secondary N) is 2. The summed E-state index contributed by atoms with van der Waals surface area (Å²) >= 11 is 11.8. The molecule has 0 unspecified atom stereocenters. The third kappa shape index (κ3) is 5.58. The van der Waals surface area contributed by atoms with Crippen molar-refractivity contribution in [3.8, 4) is 0 Å². The first-order valence-electron chi connectivity index (χ1n) is 7.01. The number of aryl methyl sites for hydroxylation is 1. The van der Waals surface area contributed by atoms with Crippen LogP contribution in [-0.2, 0) is 16.1 Å². The van der Waals surface area contributed by atoms with Crippen LogP contribution >= 0.6 is 23.2 Å². The van der Waals surface area contributed by atoms with Crippen molar-refractivity contribution in [2.75, 3.05) is 5.32 Å². The Bertz CT molecular complexity index is 732. The van der Waals surface area contributed by atoms with Gasteiger partial charge in [0, 0.05) is 11.6 Å². The van der Waals surface area contributed by atoms with Crippen molar-refractivity contribution in [1.29, 1.82) is 0 Å². The van der Waals surface area contributed by atoms with E-state index >= 15 is 0 Å². The maximum atomic E-state index is 11.9. The Labute approximate surface area is 144 Å². The van der Waals surface area contributed by atoms with Gasteiger partial charge in [0.1, 0.15) is 6.42 Å². The molecule has 0 aliphatic carbocycles. The minimum absolute atomic E-state index is 0.273. The summed E-state index contributed by atoms with van der Waals surface area (Å²) in [4.78, 5) is 23.7. The van der Waals surface area contributed by atoms with Crippen molar-refractivity contribution in [1.82, 2.24) is 5.32 Å². The van der Waals surface area contributed by atoms with Crippen molar-refractivity contribution in [2.45, 2.75) is 19.9 Å². The maximum absolute atomic E-state index is 11.9. The molecule has 0 radical (unpaired) electrons. The first-order valence-corrected chi connectivity index (χ1v) is 7.77. The Kier molecular flexibility index (Phi) is 6.02. The fourth-order valence-electron chi connectivity index (χ4n) is 2.02. The number of carbonyl (C=O) groups is 2. The first-order chi connectivity index (χ1) is 10.9. The average Bonchev–Trinajstić information content (AvgIpc) is 2.48. The minimum Gasteiger partial charge on any atom is -0.352 e. The minimum atomic E-state index is -0.434. The molecule has 2 rings (SSSR count). The highest BCUT2D eigenvalue weighted by Gasteiger charge is 2.11. The van der Waals surface area contributed by atoms with Gasteiger partial charge < -0.3 is 10.6 Å². The van der Waals surface area contributed by atoms with E-state index in [0.29, 0.717) is 22.3 Å². The van der Waals surface area contributed by atoms with Gasteiger partial charge >= 0.3 is 0 Å². The first kappa shape index (κ1) is 17.3. The van der Waals surface area contributed by atoms with Crippen LogP contribution in [0.1, 0.15) is 17.5 Å². The van der Waals surface area contributed by atoms with E-state index in [1.807, 2.05) is 31.2 Å². The van der Waals surface area contributed by atoms with E-state index in [1.54, 1.807) is 12.1 Å². The molecule has 120 valence electrons. The molecule has 2 aromatic carbocycles. The lowest BCUT2D eigenvalue weighted by molar-refractivity contribution is -0.126. The molecule has 0 spiro atoms. The smallest absolute Gasteiger partial charge is 0.233 e. The van der Waals surface area contributed by atoms with Gasteiger partial charge in [-0.05, 0) is 30.7 Å². The molecule has 0 aromatic heterocycles. The maximum Gasteiger partial charge on any atom is 0.233 e. The predicted molar refractivity (Wildman–Crippen MR) is 92.7 cm³/mol. The zero-order valence-electron chi connectivity index (χ0n) is 12.5. The standard InChI is InChI=1S/C17H16Cl2N2O2/c1-11-3-2-4-12(7-11)10-20-16(22)9-17(23)21-15-6-5-13(18)8-14(15)19/h2-8H,9-10H2,1H3,(H,20,22)(H,21,23). The molecule has 0 heterocycles. The molecule has 2 amide bonds. The van der Waals surface area contributed by atoms with Gasteiger partial charge in [-0.15, -0.1) is 0 Å². The summed E-state index contributed by atoms with van der Waals surface area (Å²) in [6.45, 7) is 2.37.